The summed E-state index contributed by atoms with van der Waals surface area (Å²) in [7, 11) is 0. The molecular weight excluding hydrogens is 176 g/mol. The minimum atomic E-state index is -0.125. The molecule has 2 unspecified atom stereocenters. The van der Waals surface area contributed by atoms with Gasteiger partial charge in [0.25, 0.3) is 0 Å². The van der Waals surface area contributed by atoms with E-state index in [-0.39, 0.29) is 6.10 Å². The van der Waals surface area contributed by atoms with E-state index in [0.717, 1.165) is 12.8 Å². The van der Waals surface area contributed by atoms with Gasteiger partial charge < -0.3 is 10.2 Å². The molecule has 88 valence electrons. The van der Waals surface area contributed by atoms with Crippen molar-refractivity contribution in [2.24, 2.45) is 11.8 Å². The Morgan fingerprint density at radius 2 is 1.57 bits per heavy atom. The van der Waals surface area contributed by atoms with Crippen molar-refractivity contribution in [2.45, 2.75) is 60.0 Å². The van der Waals surface area contributed by atoms with Gasteiger partial charge in [-0.2, -0.15) is 0 Å². The van der Waals surface area contributed by atoms with Crippen LogP contribution < -0.4 is 0 Å². The van der Waals surface area contributed by atoms with Crippen molar-refractivity contribution in [3.63, 3.8) is 0 Å². The predicted molar refractivity (Wildman–Crippen MR) is 62.3 cm³/mol. The summed E-state index contributed by atoms with van der Waals surface area (Å²) in [6, 6.07) is 0. The topological polar surface area (TPSA) is 40.5 Å². The molecule has 0 fully saturated rings. The maximum atomic E-state index is 8.72. The molecule has 0 aromatic heterocycles. The van der Waals surface area contributed by atoms with E-state index in [1.807, 2.05) is 6.92 Å². The fourth-order valence-corrected chi connectivity index (χ4v) is 1.27. The first-order chi connectivity index (χ1) is 6.43. The third-order valence-corrected chi connectivity index (χ3v) is 1.91. The molecule has 0 aromatic rings. The molecule has 0 saturated heterocycles. The lowest BCUT2D eigenvalue weighted by Gasteiger charge is -2.04. The highest BCUT2D eigenvalue weighted by atomic mass is 16.3. The van der Waals surface area contributed by atoms with E-state index >= 15 is 0 Å². The second-order valence-electron chi connectivity index (χ2n) is 4.55. The lowest BCUT2D eigenvalue weighted by molar-refractivity contribution is 0.168. The molecule has 0 aliphatic heterocycles. The molecule has 0 spiro atoms. The molecular formula is C12H28O2. The molecule has 14 heavy (non-hydrogen) atoms. The van der Waals surface area contributed by atoms with Gasteiger partial charge in [0.2, 0.25) is 0 Å². The summed E-state index contributed by atoms with van der Waals surface area (Å²) >= 11 is 0. The van der Waals surface area contributed by atoms with Crippen LogP contribution >= 0.6 is 0 Å². The van der Waals surface area contributed by atoms with Gasteiger partial charge in [0, 0.05) is 6.61 Å². The lowest BCUT2D eigenvalue weighted by Crippen LogP contribution is -2.03. The van der Waals surface area contributed by atoms with Crippen molar-refractivity contribution in [3.8, 4) is 0 Å². The highest BCUT2D eigenvalue weighted by Gasteiger charge is 1.97. The molecule has 2 N–H and O–H groups in total. The number of aliphatic hydroxyl groups excluding tert-OH is 2. The molecule has 0 heterocycles. The SMILES string of the molecule is CC(C)CC(C)O.CCCC(C)CO. The van der Waals surface area contributed by atoms with Crippen LogP contribution in [0.4, 0.5) is 0 Å². The Hall–Kier alpha value is -0.0800. The van der Waals surface area contributed by atoms with Crippen LogP contribution in [0.15, 0.2) is 0 Å². The summed E-state index contributed by atoms with van der Waals surface area (Å²) in [4.78, 5) is 0. The monoisotopic (exact) mass is 204 g/mol. The zero-order valence-electron chi connectivity index (χ0n) is 10.5. The average Bonchev–Trinajstić information content (AvgIpc) is 2.03. The van der Waals surface area contributed by atoms with Crippen LogP contribution in [0.25, 0.3) is 0 Å². The molecule has 2 atom stereocenters. The van der Waals surface area contributed by atoms with Crippen molar-refractivity contribution in [3.05, 3.63) is 0 Å². The first-order valence-corrected chi connectivity index (χ1v) is 5.72. The van der Waals surface area contributed by atoms with Gasteiger partial charge in [-0.25, -0.2) is 0 Å². The minimum absolute atomic E-state index is 0.125. The number of rotatable bonds is 5. The summed E-state index contributed by atoms with van der Waals surface area (Å²) in [6.07, 6.45) is 3.12. The van der Waals surface area contributed by atoms with Crippen LogP contribution in [0.1, 0.15) is 53.9 Å². The highest BCUT2D eigenvalue weighted by molar-refractivity contribution is 4.49. The molecule has 2 heteroatoms. The van der Waals surface area contributed by atoms with Crippen LogP contribution in [0.2, 0.25) is 0 Å². The van der Waals surface area contributed by atoms with Crippen LogP contribution in [0, 0.1) is 11.8 Å². The summed E-state index contributed by atoms with van der Waals surface area (Å²) in [5.74, 6) is 1.13. The predicted octanol–water partition coefficient (Wildman–Crippen LogP) is 2.83. The maximum Gasteiger partial charge on any atom is 0.0514 e. The maximum absolute atomic E-state index is 8.72. The van der Waals surface area contributed by atoms with E-state index in [1.54, 1.807) is 0 Å². The zero-order valence-corrected chi connectivity index (χ0v) is 10.5. The van der Waals surface area contributed by atoms with Gasteiger partial charge in [-0.15, -0.1) is 0 Å². The van der Waals surface area contributed by atoms with Gasteiger partial charge in [-0.3, -0.25) is 0 Å². The average molecular weight is 204 g/mol. The van der Waals surface area contributed by atoms with Gasteiger partial charge >= 0.3 is 0 Å². The Bertz CT molecular complexity index is 94.5. The van der Waals surface area contributed by atoms with Crippen molar-refractivity contribution < 1.29 is 10.2 Å². The van der Waals surface area contributed by atoms with Crippen LogP contribution in [-0.4, -0.2) is 22.9 Å². The fraction of sp³-hybridized carbons (Fsp3) is 1.00. The third-order valence-electron chi connectivity index (χ3n) is 1.91. The molecule has 0 aliphatic rings. The number of hydrogen-bond donors (Lipinski definition) is 2. The number of aliphatic hydroxyl groups is 2. The van der Waals surface area contributed by atoms with Crippen LogP contribution in [0.3, 0.4) is 0 Å². The van der Waals surface area contributed by atoms with Gasteiger partial charge in [0.1, 0.15) is 0 Å². The van der Waals surface area contributed by atoms with E-state index in [1.165, 1.54) is 6.42 Å². The Kier molecular flexibility index (Phi) is 12.8. The second-order valence-corrected chi connectivity index (χ2v) is 4.55. The Balaban J connectivity index is 0. The first-order valence-electron chi connectivity index (χ1n) is 5.72. The fourth-order valence-electron chi connectivity index (χ4n) is 1.27. The van der Waals surface area contributed by atoms with Gasteiger partial charge in [-0.1, -0.05) is 34.1 Å². The normalized spacial score (nSPS) is 14.6. The Labute approximate surface area is 89.3 Å². The third kappa shape index (κ3) is 17.9. The smallest absolute Gasteiger partial charge is 0.0514 e. The number of hydrogen-bond acceptors (Lipinski definition) is 2. The second kappa shape index (κ2) is 11.0. The molecule has 0 radical (unpaired) electrons. The quantitative estimate of drug-likeness (QED) is 0.723. The minimum Gasteiger partial charge on any atom is -0.396 e. The summed E-state index contributed by atoms with van der Waals surface area (Å²) < 4.78 is 0. The van der Waals surface area contributed by atoms with E-state index in [2.05, 4.69) is 27.7 Å². The summed E-state index contributed by atoms with van der Waals surface area (Å²) in [6.45, 7) is 10.6. The highest BCUT2D eigenvalue weighted by Crippen LogP contribution is 2.02. The van der Waals surface area contributed by atoms with E-state index in [4.69, 9.17) is 10.2 Å². The molecule has 0 amide bonds. The molecule has 0 aliphatic carbocycles. The summed E-state index contributed by atoms with van der Waals surface area (Å²) in [5, 5.41) is 17.2. The van der Waals surface area contributed by atoms with E-state index < -0.39 is 0 Å². The molecule has 0 rings (SSSR count). The van der Waals surface area contributed by atoms with Crippen LogP contribution in [0.5, 0.6) is 0 Å². The van der Waals surface area contributed by atoms with Crippen molar-refractivity contribution in [2.75, 3.05) is 6.61 Å². The molecule has 0 bridgehead atoms. The first kappa shape index (κ1) is 16.4. The van der Waals surface area contributed by atoms with Gasteiger partial charge in [-0.05, 0) is 31.6 Å². The zero-order chi connectivity index (χ0) is 11.6. The Morgan fingerprint density at radius 3 is 1.64 bits per heavy atom. The molecule has 0 aromatic carbocycles. The van der Waals surface area contributed by atoms with Crippen molar-refractivity contribution >= 4 is 0 Å². The summed E-state index contributed by atoms with van der Waals surface area (Å²) in [5.41, 5.74) is 0. The largest absolute Gasteiger partial charge is 0.396 e. The van der Waals surface area contributed by atoms with Gasteiger partial charge in [0.05, 0.1) is 6.10 Å². The van der Waals surface area contributed by atoms with Crippen LogP contribution in [-0.2, 0) is 0 Å². The lowest BCUT2D eigenvalue weighted by atomic mass is 10.1. The van der Waals surface area contributed by atoms with E-state index in [0.29, 0.717) is 18.4 Å². The van der Waals surface area contributed by atoms with E-state index in [9.17, 15) is 0 Å². The van der Waals surface area contributed by atoms with Crippen molar-refractivity contribution in [1.29, 1.82) is 0 Å². The standard InChI is InChI=1S/2C6H14O/c1-5(2)4-6(3)7;1-3-4-6(2)5-7/h5-7H,4H2,1-3H3;6-7H,3-5H2,1-2H3. The van der Waals surface area contributed by atoms with Gasteiger partial charge in [0.15, 0.2) is 0 Å². The molecule has 2 nitrogen and oxygen atoms in total. The molecule has 0 saturated carbocycles. The Morgan fingerprint density at radius 1 is 1.07 bits per heavy atom. The van der Waals surface area contributed by atoms with Crippen molar-refractivity contribution in [1.82, 2.24) is 0 Å².